The van der Waals surface area contributed by atoms with Gasteiger partial charge in [-0.2, -0.15) is 0 Å². The molecule has 2 aromatic carbocycles. The van der Waals surface area contributed by atoms with E-state index in [0.29, 0.717) is 29.5 Å². The number of aliphatic carboxylic acids is 1. The lowest BCUT2D eigenvalue weighted by molar-refractivity contribution is -0.137. The molecule has 188 valence electrons. The van der Waals surface area contributed by atoms with Crippen molar-refractivity contribution in [2.24, 2.45) is 5.92 Å². The van der Waals surface area contributed by atoms with Crippen molar-refractivity contribution < 1.29 is 14.7 Å². The highest BCUT2D eigenvalue weighted by Crippen LogP contribution is 2.25. The van der Waals surface area contributed by atoms with E-state index in [1.807, 2.05) is 43.3 Å². The van der Waals surface area contributed by atoms with Crippen LogP contribution in [0.4, 0.5) is 5.95 Å². The van der Waals surface area contributed by atoms with Crippen molar-refractivity contribution >= 4 is 17.8 Å². The van der Waals surface area contributed by atoms with Gasteiger partial charge in [-0.25, -0.2) is 9.97 Å². The van der Waals surface area contributed by atoms with E-state index in [1.54, 1.807) is 6.20 Å². The van der Waals surface area contributed by atoms with Crippen LogP contribution >= 0.6 is 0 Å². The minimum absolute atomic E-state index is 0.216. The molecule has 1 saturated heterocycles. The Hall–Kier alpha value is -3.74. The minimum Gasteiger partial charge on any atom is -0.480 e. The van der Waals surface area contributed by atoms with Crippen LogP contribution in [0.1, 0.15) is 53.4 Å². The van der Waals surface area contributed by atoms with Crippen LogP contribution < -0.4 is 4.90 Å². The lowest BCUT2D eigenvalue weighted by Crippen LogP contribution is -2.37. The molecule has 0 aliphatic carbocycles. The molecule has 0 radical (unpaired) electrons. The molecule has 36 heavy (non-hydrogen) atoms. The number of hydrogen-bond acceptors (Lipinski definition) is 5. The number of nitrogens with zero attached hydrogens (tertiary/aromatic N) is 4. The maximum atomic E-state index is 13.5. The number of carbonyl (C=O) groups is 2. The highest BCUT2D eigenvalue weighted by molar-refractivity contribution is 5.96. The molecule has 2 heterocycles. The van der Waals surface area contributed by atoms with Crippen LogP contribution in [0.15, 0.2) is 66.9 Å². The molecular formula is C29H34N4O3. The van der Waals surface area contributed by atoms with Crippen LogP contribution in [-0.4, -0.2) is 51.5 Å². The second-order valence-electron chi connectivity index (χ2n) is 9.44. The Morgan fingerprint density at radius 2 is 1.64 bits per heavy atom. The van der Waals surface area contributed by atoms with Crippen molar-refractivity contribution in [1.29, 1.82) is 0 Å². The molecule has 0 spiro atoms. The van der Waals surface area contributed by atoms with Crippen molar-refractivity contribution in [1.82, 2.24) is 14.9 Å². The molecule has 4 rings (SSSR count). The molecule has 0 saturated carbocycles. The third kappa shape index (κ3) is 6.68. The van der Waals surface area contributed by atoms with E-state index in [9.17, 15) is 14.7 Å². The van der Waals surface area contributed by atoms with E-state index in [1.165, 1.54) is 10.5 Å². The van der Waals surface area contributed by atoms with Gasteiger partial charge in [0.05, 0.1) is 11.3 Å². The first-order valence-electron chi connectivity index (χ1n) is 12.7. The summed E-state index contributed by atoms with van der Waals surface area (Å²) in [6, 6.07) is 20.0. The molecule has 1 aromatic heterocycles. The van der Waals surface area contributed by atoms with Crippen molar-refractivity contribution in [2.45, 2.75) is 45.6 Å². The number of carboxylic acid groups (broad SMARTS) is 1. The zero-order chi connectivity index (χ0) is 25.3. The Balaban J connectivity index is 1.48. The Bertz CT molecular complexity index is 1150. The summed E-state index contributed by atoms with van der Waals surface area (Å²) in [5.74, 6) is -0.103. The summed E-state index contributed by atoms with van der Waals surface area (Å²) in [7, 11) is 0. The lowest BCUT2D eigenvalue weighted by atomic mass is 9.90. The second-order valence-corrected chi connectivity index (χ2v) is 9.44. The quantitative estimate of drug-likeness (QED) is 0.450. The van der Waals surface area contributed by atoms with Gasteiger partial charge >= 0.3 is 5.97 Å². The van der Waals surface area contributed by atoms with Gasteiger partial charge in [0.25, 0.3) is 5.91 Å². The summed E-state index contributed by atoms with van der Waals surface area (Å²) in [4.78, 5) is 37.9. The van der Waals surface area contributed by atoms with Crippen molar-refractivity contribution in [3.8, 4) is 0 Å². The van der Waals surface area contributed by atoms with Crippen LogP contribution in [0.25, 0.3) is 0 Å². The van der Waals surface area contributed by atoms with Gasteiger partial charge in [0.15, 0.2) is 0 Å². The van der Waals surface area contributed by atoms with Crippen molar-refractivity contribution in [3.63, 3.8) is 0 Å². The molecule has 0 atom stereocenters. The van der Waals surface area contributed by atoms with E-state index in [-0.39, 0.29) is 19.0 Å². The van der Waals surface area contributed by atoms with E-state index >= 15 is 0 Å². The smallest absolute Gasteiger partial charge is 0.323 e. The predicted octanol–water partition coefficient (Wildman–Crippen LogP) is 4.62. The molecule has 0 bridgehead atoms. The maximum absolute atomic E-state index is 13.5. The predicted molar refractivity (Wildman–Crippen MR) is 140 cm³/mol. The third-order valence-electron chi connectivity index (χ3n) is 6.67. The number of hydrogen-bond donors (Lipinski definition) is 1. The van der Waals surface area contributed by atoms with Crippen molar-refractivity contribution in [2.75, 3.05) is 24.5 Å². The molecule has 3 aromatic rings. The molecule has 1 N–H and O–H groups in total. The summed E-state index contributed by atoms with van der Waals surface area (Å²) < 4.78 is 0. The standard InChI is InChI=1S/C29H34N4O3/c1-2-9-26-25(28(36)33(21-27(34)35)20-24-12-7-4-8-13-24)19-30-29(31-26)32-16-14-23(15-17-32)18-22-10-5-3-6-11-22/h3-8,10-13,19,23H,2,9,14-18,20-21H2,1H3,(H,34,35). The van der Waals surface area contributed by atoms with Gasteiger partial charge in [0.2, 0.25) is 5.95 Å². The molecule has 1 fully saturated rings. The molecule has 7 heteroatoms. The van der Waals surface area contributed by atoms with Crippen LogP contribution in [0.3, 0.4) is 0 Å². The van der Waals surface area contributed by atoms with Gasteiger partial charge < -0.3 is 14.9 Å². The number of aromatic nitrogens is 2. The number of carbonyl (C=O) groups excluding carboxylic acids is 1. The average molecular weight is 487 g/mol. The first kappa shape index (κ1) is 25.4. The van der Waals surface area contributed by atoms with Gasteiger partial charge in [0.1, 0.15) is 6.54 Å². The summed E-state index contributed by atoms with van der Waals surface area (Å²) in [5.41, 5.74) is 3.32. The molecule has 1 aliphatic heterocycles. The number of amides is 1. The van der Waals surface area contributed by atoms with Crippen molar-refractivity contribution in [3.05, 3.63) is 89.2 Å². The van der Waals surface area contributed by atoms with Gasteiger partial charge in [-0.15, -0.1) is 0 Å². The minimum atomic E-state index is -1.05. The zero-order valence-corrected chi connectivity index (χ0v) is 20.8. The Morgan fingerprint density at radius 3 is 2.25 bits per heavy atom. The number of carboxylic acids is 1. The SMILES string of the molecule is CCCc1nc(N2CCC(Cc3ccccc3)CC2)ncc1C(=O)N(CC(=O)O)Cc1ccccc1. The summed E-state index contributed by atoms with van der Waals surface area (Å²) in [6.45, 7) is 3.65. The van der Waals surface area contributed by atoms with Crippen LogP contribution in [-0.2, 0) is 24.2 Å². The van der Waals surface area contributed by atoms with Gasteiger partial charge in [-0.05, 0) is 42.7 Å². The monoisotopic (exact) mass is 486 g/mol. The Kier molecular flexibility index (Phi) is 8.66. The summed E-state index contributed by atoms with van der Waals surface area (Å²) in [6.07, 6.45) is 6.29. The Labute approximate surface area is 212 Å². The first-order chi connectivity index (χ1) is 17.5. The molecule has 0 unspecified atom stereocenters. The van der Waals surface area contributed by atoms with Crippen LogP contribution in [0.5, 0.6) is 0 Å². The lowest BCUT2D eigenvalue weighted by Gasteiger charge is -2.32. The van der Waals surface area contributed by atoms with E-state index in [4.69, 9.17) is 4.98 Å². The van der Waals surface area contributed by atoms with Gasteiger partial charge in [0, 0.05) is 25.8 Å². The van der Waals surface area contributed by atoms with Crippen LogP contribution in [0, 0.1) is 5.92 Å². The number of rotatable bonds is 10. The molecular weight excluding hydrogens is 452 g/mol. The second kappa shape index (κ2) is 12.3. The molecule has 1 aliphatic rings. The van der Waals surface area contributed by atoms with E-state index in [0.717, 1.165) is 44.3 Å². The highest BCUT2D eigenvalue weighted by Gasteiger charge is 2.25. The van der Waals surface area contributed by atoms with Gasteiger partial charge in [-0.3, -0.25) is 9.59 Å². The topological polar surface area (TPSA) is 86.6 Å². The summed E-state index contributed by atoms with van der Waals surface area (Å²) >= 11 is 0. The number of anilines is 1. The fourth-order valence-corrected chi connectivity index (χ4v) is 4.79. The number of aryl methyl sites for hydroxylation is 1. The third-order valence-corrected chi connectivity index (χ3v) is 6.67. The largest absolute Gasteiger partial charge is 0.480 e. The summed E-state index contributed by atoms with van der Waals surface area (Å²) in [5, 5.41) is 9.43. The zero-order valence-electron chi connectivity index (χ0n) is 20.8. The molecule has 7 nitrogen and oxygen atoms in total. The molecule has 1 amide bonds. The van der Waals surface area contributed by atoms with Gasteiger partial charge in [-0.1, -0.05) is 74.0 Å². The fourth-order valence-electron chi connectivity index (χ4n) is 4.79. The maximum Gasteiger partial charge on any atom is 0.323 e. The number of benzene rings is 2. The Morgan fingerprint density at radius 1 is 1.00 bits per heavy atom. The first-order valence-corrected chi connectivity index (χ1v) is 12.7. The fraction of sp³-hybridized carbons (Fsp3) is 0.379. The van der Waals surface area contributed by atoms with E-state index < -0.39 is 5.97 Å². The number of piperidine rings is 1. The normalized spacial score (nSPS) is 14.0. The average Bonchev–Trinajstić information content (AvgIpc) is 2.89. The van der Waals surface area contributed by atoms with E-state index in [2.05, 4.69) is 34.1 Å². The van der Waals surface area contributed by atoms with Crippen LogP contribution in [0.2, 0.25) is 0 Å². The highest BCUT2D eigenvalue weighted by atomic mass is 16.4.